The Kier molecular flexibility index (Phi) is 7.07. The number of hydrogen-bond donors (Lipinski definition) is 1. The van der Waals surface area contributed by atoms with Gasteiger partial charge in [0.2, 0.25) is 0 Å². The van der Waals surface area contributed by atoms with Gasteiger partial charge in [0.05, 0.1) is 6.54 Å². The number of carbonyl (C=O) groups excluding carboxylic acids is 1. The van der Waals surface area contributed by atoms with Crippen molar-refractivity contribution >= 4 is 12.1 Å². The molecule has 0 saturated carbocycles. The first-order valence-corrected chi connectivity index (χ1v) is 9.40. The van der Waals surface area contributed by atoms with E-state index in [4.69, 9.17) is 10.5 Å². The minimum absolute atomic E-state index is 0.268. The van der Waals surface area contributed by atoms with E-state index in [1.54, 1.807) is 4.90 Å². The van der Waals surface area contributed by atoms with Gasteiger partial charge in [0.1, 0.15) is 5.60 Å². The summed E-state index contributed by atoms with van der Waals surface area (Å²) in [5.74, 6) is 0.526. The van der Waals surface area contributed by atoms with E-state index in [1.165, 1.54) is 11.1 Å². The van der Waals surface area contributed by atoms with Crippen LogP contribution < -0.4 is 5.73 Å². The van der Waals surface area contributed by atoms with Crippen molar-refractivity contribution in [3.63, 3.8) is 0 Å². The lowest BCUT2D eigenvalue weighted by atomic mass is 10.1. The van der Waals surface area contributed by atoms with Crippen LogP contribution in [0.15, 0.2) is 29.3 Å². The molecule has 0 aliphatic carbocycles. The van der Waals surface area contributed by atoms with Crippen LogP contribution in [0.25, 0.3) is 0 Å². The average Bonchev–Trinajstić information content (AvgIpc) is 2.59. The Morgan fingerprint density at radius 3 is 2.22 bits per heavy atom. The van der Waals surface area contributed by atoms with Crippen molar-refractivity contribution in [1.29, 1.82) is 0 Å². The largest absolute Gasteiger partial charge is 0.444 e. The number of rotatable bonds is 4. The van der Waals surface area contributed by atoms with E-state index in [0.29, 0.717) is 38.7 Å². The van der Waals surface area contributed by atoms with E-state index in [-0.39, 0.29) is 6.09 Å². The molecule has 2 N–H and O–H groups in total. The molecule has 1 saturated heterocycles. The minimum atomic E-state index is -0.478. The highest BCUT2D eigenvalue weighted by Crippen LogP contribution is 2.13. The molecule has 0 spiro atoms. The van der Waals surface area contributed by atoms with Gasteiger partial charge >= 0.3 is 6.09 Å². The highest BCUT2D eigenvalue weighted by molar-refractivity contribution is 5.78. The van der Waals surface area contributed by atoms with Crippen molar-refractivity contribution < 1.29 is 9.53 Å². The number of nitrogens with two attached hydrogens (primary N) is 1. The van der Waals surface area contributed by atoms with Gasteiger partial charge in [0.15, 0.2) is 5.96 Å². The van der Waals surface area contributed by atoms with Crippen molar-refractivity contribution in [3.8, 4) is 0 Å². The number of nitrogens with zero attached hydrogens (tertiary/aromatic N) is 4. The van der Waals surface area contributed by atoms with Gasteiger partial charge in [-0.15, -0.1) is 0 Å². The second kappa shape index (κ2) is 9.08. The van der Waals surface area contributed by atoms with Gasteiger partial charge in [0.25, 0.3) is 0 Å². The fourth-order valence-corrected chi connectivity index (χ4v) is 2.92. The standard InChI is InChI=1S/C20H33N5O2/c1-20(2,3)27-19(26)25-12-10-24(11-13-25)18(21)22-14-16-8-6-7-9-17(16)15-23(4)5/h6-9H,10-15H2,1-5H3,(H2,21,22). The molecule has 0 radical (unpaired) electrons. The predicted octanol–water partition coefficient (Wildman–Crippen LogP) is 2.12. The molecule has 1 fully saturated rings. The Hall–Kier alpha value is -2.28. The van der Waals surface area contributed by atoms with Crippen LogP contribution in [0.5, 0.6) is 0 Å². The summed E-state index contributed by atoms with van der Waals surface area (Å²) >= 11 is 0. The number of ether oxygens (including phenoxy) is 1. The van der Waals surface area contributed by atoms with Crippen molar-refractivity contribution in [2.24, 2.45) is 10.7 Å². The molecular formula is C20H33N5O2. The number of hydrogen-bond acceptors (Lipinski definition) is 4. The third kappa shape index (κ3) is 6.75. The van der Waals surface area contributed by atoms with Crippen LogP contribution in [0.2, 0.25) is 0 Å². The number of aliphatic imine (C=N–C) groups is 1. The molecule has 150 valence electrons. The lowest BCUT2D eigenvalue weighted by Gasteiger charge is -2.36. The number of amides is 1. The Balaban J connectivity index is 1.91. The number of benzene rings is 1. The van der Waals surface area contributed by atoms with Crippen LogP contribution in [0.3, 0.4) is 0 Å². The fourth-order valence-electron chi connectivity index (χ4n) is 2.92. The van der Waals surface area contributed by atoms with E-state index in [9.17, 15) is 4.79 Å². The Bertz CT molecular complexity index is 659. The third-order valence-corrected chi connectivity index (χ3v) is 4.27. The SMILES string of the molecule is CN(C)Cc1ccccc1CN=C(N)N1CCN(C(=O)OC(C)(C)C)CC1. The lowest BCUT2D eigenvalue weighted by Crippen LogP contribution is -2.53. The van der Waals surface area contributed by atoms with Gasteiger partial charge in [-0.25, -0.2) is 9.79 Å². The van der Waals surface area contributed by atoms with Crippen molar-refractivity contribution in [2.75, 3.05) is 40.3 Å². The van der Waals surface area contributed by atoms with Crippen molar-refractivity contribution in [3.05, 3.63) is 35.4 Å². The molecular weight excluding hydrogens is 342 g/mol. The first-order chi connectivity index (χ1) is 12.7. The molecule has 0 unspecified atom stereocenters. The van der Waals surface area contributed by atoms with Gasteiger partial charge in [-0.1, -0.05) is 24.3 Å². The summed E-state index contributed by atoms with van der Waals surface area (Å²) in [6.07, 6.45) is -0.268. The zero-order chi connectivity index (χ0) is 20.0. The van der Waals surface area contributed by atoms with E-state index in [1.807, 2.05) is 37.8 Å². The van der Waals surface area contributed by atoms with Gasteiger partial charge in [0, 0.05) is 32.7 Å². The topological polar surface area (TPSA) is 74.4 Å². The van der Waals surface area contributed by atoms with Crippen LogP contribution in [0, 0.1) is 0 Å². The van der Waals surface area contributed by atoms with E-state index in [0.717, 1.165) is 6.54 Å². The number of piperazine rings is 1. The molecule has 7 nitrogen and oxygen atoms in total. The maximum atomic E-state index is 12.1. The van der Waals surface area contributed by atoms with Gasteiger partial charge in [-0.3, -0.25) is 0 Å². The maximum absolute atomic E-state index is 12.1. The average molecular weight is 376 g/mol. The summed E-state index contributed by atoms with van der Waals surface area (Å²) < 4.78 is 5.43. The number of carbonyl (C=O) groups is 1. The van der Waals surface area contributed by atoms with Crippen molar-refractivity contribution in [2.45, 2.75) is 39.5 Å². The summed E-state index contributed by atoms with van der Waals surface area (Å²) in [7, 11) is 4.11. The normalized spacial score (nSPS) is 16.0. The molecule has 1 aliphatic heterocycles. The van der Waals surface area contributed by atoms with Crippen LogP contribution >= 0.6 is 0 Å². The Morgan fingerprint density at radius 1 is 1.11 bits per heavy atom. The molecule has 0 bridgehead atoms. The molecule has 1 heterocycles. The molecule has 0 atom stereocenters. The van der Waals surface area contributed by atoms with Crippen LogP contribution in [0.1, 0.15) is 31.9 Å². The first-order valence-electron chi connectivity index (χ1n) is 9.40. The maximum Gasteiger partial charge on any atom is 0.410 e. The molecule has 1 aromatic carbocycles. The predicted molar refractivity (Wildman–Crippen MR) is 109 cm³/mol. The van der Waals surface area contributed by atoms with E-state index >= 15 is 0 Å². The zero-order valence-electron chi connectivity index (χ0n) is 17.2. The molecule has 2 rings (SSSR count). The third-order valence-electron chi connectivity index (χ3n) is 4.27. The van der Waals surface area contributed by atoms with E-state index < -0.39 is 5.60 Å². The Labute approximate surface area is 162 Å². The molecule has 1 aromatic rings. The van der Waals surface area contributed by atoms with Crippen LogP contribution in [-0.2, 0) is 17.8 Å². The molecule has 1 amide bonds. The molecule has 0 aromatic heterocycles. The lowest BCUT2D eigenvalue weighted by molar-refractivity contribution is 0.0186. The molecule has 27 heavy (non-hydrogen) atoms. The molecule has 7 heteroatoms. The van der Waals surface area contributed by atoms with Crippen LogP contribution in [0.4, 0.5) is 4.79 Å². The number of guanidine groups is 1. The summed E-state index contributed by atoms with van der Waals surface area (Å²) in [6, 6.07) is 8.29. The summed E-state index contributed by atoms with van der Waals surface area (Å²) in [6.45, 7) is 9.55. The van der Waals surface area contributed by atoms with E-state index in [2.05, 4.69) is 36.1 Å². The Morgan fingerprint density at radius 2 is 1.67 bits per heavy atom. The monoisotopic (exact) mass is 375 g/mol. The van der Waals surface area contributed by atoms with Gasteiger partial charge in [-0.2, -0.15) is 0 Å². The van der Waals surface area contributed by atoms with Gasteiger partial charge in [-0.05, 0) is 46.0 Å². The van der Waals surface area contributed by atoms with Crippen LogP contribution in [-0.4, -0.2) is 72.6 Å². The zero-order valence-corrected chi connectivity index (χ0v) is 17.2. The summed E-state index contributed by atoms with van der Waals surface area (Å²) in [5, 5.41) is 0. The highest BCUT2D eigenvalue weighted by atomic mass is 16.6. The second-order valence-electron chi connectivity index (χ2n) is 8.14. The highest BCUT2D eigenvalue weighted by Gasteiger charge is 2.26. The quantitative estimate of drug-likeness (QED) is 0.644. The minimum Gasteiger partial charge on any atom is -0.444 e. The van der Waals surface area contributed by atoms with Crippen molar-refractivity contribution in [1.82, 2.24) is 14.7 Å². The fraction of sp³-hybridized carbons (Fsp3) is 0.600. The second-order valence-corrected chi connectivity index (χ2v) is 8.14. The first kappa shape index (κ1) is 21.0. The molecule has 1 aliphatic rings. The summed E-state index contributed by atoms with van der Waals surface area (Å²) in [5.41, 5.74) is 8.16. The summed E-state index contributed by atoms with van der Waals surface area (Å²) in [4.78, 5) is 22.6. The smallest absolute Gasteiger partial charge is 0.410 e. The van der Waals surface area contributed by atoms with Gasteiger partial charge < -0.3 is 25.2 Å².